The molecule has 0 radical (unpaired) electrons. The van der Waals surface area contributed by atoms with Crippen molar-refractivity contribution in [3.8, 4) is 0 Å². The molecule has 1 aliphatic rings. The molecule has 1 N–H and O–H groups in total. The largest absolute Gasteiger partial charge is 0.352 e. The summed E-state index contributed by atoms with van der Waals surface area (Å²) in [5.74, 6) is 1.98. The second-order valence-electron chi connectivity index (χ2n) is 7.19. The second kappa shape index (κ2) is 9.30. The average molecular weight is 443 g/mol. The summed E-state index contributed by atoms with van der Waals surface area (Å²) in [5, 5.41) is 3.74. The van der Waals surface area contributed by atoms with Crippen LogP contribution in [-0.4, -0.2) is 59.7 Å². The normalized spacial score (nSPS) is 13.9. The van der Waals surface area contributed by atoms with Gasteiger partial charge in [0.05, 0.1) is 5.02 Å². The molecule has 0 bridgehead atoms. The first-order valence-electron chi connectivity index (χ1n) is 10.1. The van der Waals surface area contributed by atoms with E-state index in [1.807, 2.05) is 31.0 Å². The van der Waals surface area contributed by atoms with Gasteiger partial charge in [0.15, 0.2) is 0 Å². The molecule has 1 aliphatic heterocycles. The molecule has 0 aliphatic carbocycles. The number of hydrogen-bond acceptors (Lipinski definition) is 8. The van der Waals surface area contributed by atoms with Gasteiger partial charge in [0.1, 0.15) is 11.6 Å². The first-order chi connectivity index (χ1) is 15.0. The third-order valence-electron chi connectivity index (χ3n) is 5.11. The molecule has 1 aromatic carbocycles. The Hall–Kier alpha value is -3.20. The molecule has 3 heterocycles. The van der Waals surface area contributed by atoms with Gasteiger partial charge in [-0.1, -0.05) is 17.7 Å². The fourth-order valence-electron chi connectivity index (χ4n) is 3.29. The molecule has 0 saturated carbocycles. The van der Waals surface area contributed by atoms with Crippen molar-refractivity contribution in [2.24, 2.45) is 0 Å². The molecule has 1 fully saturated rings. The summed E-state index contributed by atoms with van der Waals surface area (Å²) in [6.07, 6.45) is 1.75. The highest BCUT2D eigenvalue weighted by Crippen LogP contribution is 2.25. The summed E-state index contributed by atoms with van der Waals surface area (Å²) in [6, 6.07) is 9.88. The van der Waals surface area contributed by atoms with Crippen LogP contribution in [0.5, 0.6) is 0 Å². The van der Waals surface area contributed by atoms with Crippen molar-refractivity contribution >= 4 is 41.0 Å². The Kier molecular flexibility index (Phi) is 6.31. The SMILES string of the molecule is CCN(C)c1nc(Nc2cccc(F)c2)nc(N2CCN(c3ncccc3Cl)CC2)n1. The molecule has 10 heteroatoms. The third-order valence-corrected chi connectivity index (χ3v) is 5.40. The molecule has 2 aromatic heterocycles. The molecule has 8 nitrogen and oxygen atoms in total. The first kappa shape index (κ1) is 21.0. The Bertz CT molecular complexity index is 1040. The van der Waals surface area contributed by atoms with E-state index in [2.05, 4.69) is 35.1 Å². The van der Waals surface area contributed by atoms with Gasteiger partial charge >= 0.3 is 0 Å². The molecule has 4 rings (SSSR count). The number of pyridine rings is 1. The Morgan fingerprint density at radius 1 is 1.06 bits per heavy atom. The summed E-state index contributed by atoms with van der Waals surface area (Å²) < 4.78 is 13.6. The zero-order valence-electron chi connectivity index (χ0n) is 17.5. The maximum atomic E-state index is 13.6. The van der Waals surface area contributed by atoms with Crippen LogP contribution in [0.2, 0.25) is 5.02 Å². The van der Waals surface area contributed by atoms with E-state index in [1.54, 1.807) is 18.3 Å². The van der Waals surface area contributed by atoms with Crippen molar-refractivity contribution in [2.45, 2.75) is 6.92 Å². The number of nitrogens with zero attached hydrogens (tertiary/aromatic N) is 7. The van der Waals surface area contributed by atoms with Crippen LogP contribution in [0, 0.1) is 5.82 Å². The maximum Gasteiger partial charge on any atom is 0.233 e. The van der Waals surface area contributed by atoms with E-state index in [0.717, 1.165) is 25.5 Å². The van der Waals surface area contributed by atoms with Gasteiger partial charge in [-0.3, -0.25) is 0 Å². The average Bonchev–Trinajstić information content (AvgIpc) is 2.79. The van der Waals surface area contributed by atoms with Crippen LogP contribution in [0.15, 0.2) is 42.6 Å². The zero-order valence-corrected chi connectivity index (χ0v) is 18.2. The smallest absolute Gasteiger partial charge is 0.233 e. The Morgan fingerprint density at radius 3 is 2.55 bits per heavy atom. The van der Waals surface area contributed by atoms with Gasteiger partial charge < -0.3 is 20.0 Å². The number of hydrogen-bond donors (Lipinski definition) is 1. The molecular weight excluding hydrogens is 419 g/mol. The van der Waals surface area contributed by atoms with E-state index in [4.69, 9.17) is 11.6 Å². The van der Waals surface area contributed by atoms with Crippen molar-refractivity contribution < 1.29 is 4.39 Å². The van der Waals surface area contributed by atoms with Gasteiger partial charge in [0.25, 0.3) is 0 Å². The van der Waals surface area contributed by atoms with E-state index in [1.165, 1.54) is 12.1 Å². The second-order valence-corrected chi connectivity index (χ2v) is 7.60. The highest BCUT2D eigenvalue weighted by molar-refractivity contribution is 6.32. The van der Waals surface area contributed by atoms with Crippen molar-refractivity contribution in [2.75, 3.05) is 59.8 Å². The topological polar surface area (TPSA) is 73.3 Å². The molecule has 3 aromatic rings. The van der Waals surface area contributed by atoms with E-state index in [-0.39, 0.29) is 5.82 Å². The summed E-state index contributed by atoms with van der Waals surface area (Å²) in [4.78, 5) is 24.4. The van der Waals surface area contributed by atoms with Crippen molar-refractivity contribution in [1.82, 2.24) is 19.9 Å². The fraction of sp³-hybridized carbons (Fsp3) is 0.333. The van der Waals surface area contributed by atoms with Gasteiger partial charge in [-0.25, -0.2) is 9.37 Å². The minimum Gasteiger partial charge on any atom is -0.352 e. The van der Waals surface area contributed by atoms with Gasteiger partial charge in [-0.2, -0.15) is 15.0 Å². The minimum absolute atomic E-state index is 0.325. The van der Waals surface area contributed by atoms with Crippen molar-refractivity contribution in [1.29, 1.82) is 0 Å². The summed E-state index contributed by atoms with van der Waals surface area (Å²) in [7, 11) is 1.92. The van der Waals surface area contributed by atoms with E-state index < -0.39 is 0 Å². The maximum absolute atomic E-state index is 13.6. The summed E-state index contributed by atoms with van der Waals surface area (Å²) in [6.45, 7) is 5.69. The number of nitrogens with one attached hydrogen (secondary N) is 1. The van der Waals surface area contributed by atoms with E-state index in [9.17, 15) is 4.39 Å². The van der Waals surface area contributed by atoms with Crippen molar-refractivity contribution in [3.63, 3.8) is 0 Å². The zero-order chi connectivity index (χ0) is 21.8. The Labute approximate surface area is 185 Å². The lowest BCUT2D eigenvalue weighted by atomic mass is 10.3. The van der Waals surface area contributed by atoms with Gasteiger partial charge in [-0.05, 0) is 37.3 Å². The molecule has 162 valence electrons. The third kappa shape index (κ3) is 4.93. The quantitative estimate of drug-likeness (QED) is 0.621. The van der Waals surface area contributed by atoms with Gasteiger partial charge in [0, 0.05) is 51.7 Å². The molecule has 0 atom stereocenters. The predicted molar refractivity (Wildman–Crippen MR) is 122 cm³/mol. The Balaban J connectivity index is 1.55. The number of halogens is 2. The van der Waals surface area contributed by atoms with Crippen LogP contribution in [0.4, 0.5) is 33.7 Å². The Morgan fingerprint density at radius 2 is 1.84 bits per heavy atom. The van der Waals surface area contributed by atoms with Crippen LogP contribution >= 0.6 is 11.6 Å². The fourth-order valence-corrected chi connectivity index (χ4v) is 3.53. The highest BCUT2D eigenvalue weighted by atomic mass is 35.5. The van der Waals surface area contributed by atoms with Crippen LogP contribution in [0.25, 0.3) is 0 Å². The number of anilines is 5. The lowest BCUT2D eigenvalue weighted by Crippen LogP contribution is -2.47. The van der Waals surface area contributed by atoms with Gasteiger partial charge in [0.2, 0.25) is 17.8 Å². The number of rotatable bonds is 6. The van der Waals surface area contributed by atoms with E-state index >= 15 is 0 Å². The minimum atomic E-state index is -0.325. The first-order valence-corrected chi connectivity index (χ1v) is 10.5. The van der Waals surface area contributed by atoms with Crippen LogP contribution in [0.1, 0.15) is 6.92 Å². The number of piperazine rings is 1. The lowest BCUT2D eigenvalue weighted by molar-refractivity contribution is 0.628. The molecule has 0 amide bonds. The van der Waals surface area contributed by atoms with E-state index in [0.29, 0.717) is 41.6 Å². The lowest BCUT2D eigenvalue weighted by Gasteiger charge is -2.36. The molecular formula is C21H24ClFN8. The molecule has 0 spiro atoms. The van der Waals surface area contributed by atoms with Crippen LogP contribution < -0.4 is 20.0 Å². The van der Waals surface area contributed by atoms with Crippen LogP contribution in [-0.2, 0) is 0 Å². The van der Waals surface area contributed by atoms with Crippen molar-refractivity contribution in [3.05, 3.63) is 53.4 Å². The monoisotopic (exact) mass is 442 g/mol. The molecule has 0 unspecified atom stereocenters. The standard InChI is InChI=1S/C21H24ClFN8/c1-3-29(2)20-26-19(25-16-7-4-6-15(23)14-16)27-21(28-20)31-12-10-30(11-13-31)18-17(22)8-5-9-24-18/h4-9,14H,3,10-13H2,1-2H3,(H,25,26,27,28). The summed E-state index contributed by atoms with van der Waals surface area (Å²) in [5.41, 5.74) is 0.580. The molecule has 31 heavy (non-hydrogen) atoms. The van der Waals surface area contributed by atoms with Gasteiger partial charge in [-0.15, -0.1) is 0 Å². The predicted octanol–water partition coefficient (Wildman–Crippen LogP) is 3.59. The molecule has 1 saturated heterocycles. The number of aromatic nitrogens is 4. The number of benzene rings is 1. The van der Waals surface area contributed by atoms with Crippen LogP contribution in [0.3, 0.4) is 0 Å². The highest BCUT2D eigenvalue weighted by Gasteiger charge is 2.23. The summed E-state index contributed by atoms with van der Waals surface area (Å²) >= 11 is 6.30.